The number of benzene rings is 1. The van der Waals surface area contributed by atoms with Crippen LogP contribution < -0.4 is 4.74 Å². The fourth-order valence-electron chi connectivity index (χ4n) is 2.20. The van der Waals surface area contributed by atoms with Crippen LogP contribution in [-0.2, 0) is 6.54 Å². The van der Waals surface area contributed by atoms with Gasteiger partial charge in [-0.1, -0.05) is 12.1 Å². The lowest BCUT2D eigenvalue weighted by atomic mass is 10.1. The Morgan fingerprint density at radius 3 is 2.45 bits per heavy atom. The van der Waals surface area contributed by atoms with Crippen molar-refractivity contribution < 1.29 is 23.0 Å². The van der Waals surface area contributed by atoms with Gasteiger partial charge in [-0.25, -0.2) is 0 Å². The molecule has 120 valence electrons. The van der Waals surface area contributed by atoms with Crippen molar-refractivity contribution in [3.63, 3.8) is 0 Å². The molecule has 1 unspecified atom stereocenters. The Bertz CT molecular complexity index is 583. The molecule has 0 saturated carbocycles. The summed E-state index contributed by atoms with van der Waals surface area (Å²) in [7, 11) is 1.89. The molecule has 0 radical (unpaired) electrons. The minimum absolute atomic E-state index is 0.0772. The molecule has 1 N–H and O–H groups in total. The molecule has 1 aromatic carbocycles. The van der Waals surface area contributed by atoms with E-state index in [1.807, 2.05) is 24.9 Å². The maximum Gasteiger partial charge on any atom is 0.387 e. The summed E-state index contributed by atoms with van der Waals surface area (Å²) in [6.45, 7) is 0.118. The van der Waals surface area contributed by atoms with Gasteiger partial charge in [-0.2, -0.15) is 8.78 Å². The van der Waals surface area contributed by atoms with Crippen LogP contribution in [0.3, 0.4) is 0 Å². The highest BCUT2D eigenvalue weighted by Crippen LogP contribution is 2.20. The van der Waals surface area contributed by atoms with E-state index in [2.05, 4.69) is 4.74 Å². The van der Waals surface area contributed by atoms with Crippen molar-refractivity contribution in [3.8, 4) is 5.75 Å². The van der Waals surface area contributed by atoms with E-state index in [0.717, 1.165) is 11.3 Å². The lowest BCUT2D eigenvalue weighted by molar-refractivity contribution is -0.0498. The Balaban J connectivity index is 1.91. The Morgan fingerprint density at radius 1 is 1.23 bits per heavy atom. The second-order valence-electron chi connectivity index (χ2n) is 5.16. The Labute approximate surface area is 127 Å². The van der Waals surface area contributed by atoms with Crippen LogP contribution in [0.1, 0.15) is 23.0 Å². The molecule has 0 saturated heterocycles. The minimum atomic E-state index is -2.85. The molecule has 1 atom stereocenters. The maximum atomic E-state index is 12.1. The average molecular weight is 311 g/mol. The largest absolute Gasteiger partial charge is 0.469 e. The number of nitrogens with zero attached hydrogens (tertiary/aromatic N) is 1. The van der Waals surface area contributed by atoms with Gasteiger partial charge in [0, 0.05) is 18.7 Å². The van der Waals surface area contributed by atoms with E-state index in [0.29, 0.717) is 18.7 Å². The summed E-state index contributed by atoms with van der Waals surface area (Å²) in [6, 6.07) is 7.91. The minimum Gasteiger partial charge on any atom is -0.469 e. The van der Waals surface area contributed by atoms with Crippen LogP contribution >= 0.6 is 0 Å². The number of halogens is 2. The van der Waals surface area contributed by atoms with Crippen molar-refractivity contribution in [1.29, 1.82) is 0 Å². The first-order valence-corrected chi connectivity index (χ1v) is 6.90. The van der Waals surface area contributed by atoms with Crippen LogP contribution in [-0.4, -0.2) is 30.2 Å². The zero-order valence-electron chi connectivity index (χ0n) is 12.5. The van der Waals surface area contributed by atoms with E-state index in [9.17, 15) is 13.9 Å². The van der Waals surface area contributed by atoms with Crippen LogP contribution in [0.4, 0.5) is 8.78 Å². The highest BCUT2D eigenvalue weighted by Gasteiger charge is 2.13. The van der Waals surface area contributed by atoms with Crippen LogP contribution in [0.2, 0.25) is 0 Å². The first-order chi connectivity index (χ1) is 10.5. The number of aryl methyl sites for hydroxylation is 1. The van der Waals surface area contributed by atoms with Crippen LogP contribution in [0, 0.1) is 6.92 Å². The van der Waals surface area contributed by atoms with Crippen molar-refractivity contribution in [3.05, 3.63) is 53.5 Å². The second kappa shape index (κ2) is 7.38. The zero-order chi connectivity index (χ0) is 16.1. The van der Waals surface area contributed by atoms with E-state index >= 15 is 0 Å². The Morgan fingerprint density at radius 2 is 1.91 bits per heavy atom. The summed E-state index contributed by atoms with van der Waals surface area (Å²) in [6.07, 6.45) is 0.925. The lowest BCUT2D eigenvalue weighted by Gasteiger charge is -2.20. The predicted octanol–water partition coefficient (Wildman–Crippen LogP) is 3.35. The number of rotatable bonds is 7. The van der Waals surface area contributed by atoms with Gasteiger partial charge in [0.2, 0.25) is 0 Å². The predicted molar refractivity (Wildman–Crippen MR) is 77.8 cm³/mol. The molecule has 0 aliphatic rings. The van der Waals surface area contributed by atoms with Gasteiger partial charge in [0.15, 0.2) is 0 Å². The number of furan rings is 1. The quantitative estimate of drug-likeness (QED) is 0.852. The monoisotopic (exact) mass is 311 g/mol. The van der Waals surface area contributed by atoms with E-state index in [1.165, 1.54) is 12.1 Å². The average Bonchev–Trinajstić information content (AvgIpc) is 2.84. The number of hydrogen-bond donors (Lipinski definition) is 1. The fraction of sp³-hybridized carbons (Fsp3) is 0.375. The summed E-state index contributed by atoms with van der Waals surface area (Å²) < 4.78 is 33.7. The van der Waals surface area contributed by atoms with Gasteiger partial charge < -0.3 is 14.3 Å². The van der Waals surface area contributed by atoms with Crippen molar-refractivity contribution in [2.24, 2.45) is 0 Å². The van der Waals surface area contributed by atoms with Gasteiger partial charge >= 0.3 is 6.61 Å². The molecule has 0 bridgehead atoms. The van der Waals surface area contributed by atoms with Crippen LogP contribution in [0.5, 0.6) is 5.75 Å². The van der Waals surface area contributed by atoms with Crippen LogP contribution in [0.25, 0.3) is 0 Å². The third-order valence-electron chi connectivity index (χ3n) is 3.38. The highest BCUT2D eigenvalue weighted by molar-refractivity contribution is 5.28. The summed E-state index contributed by atoms with van der Waals surface area (Å²) >= 11 is 0. The smallest absolute Gasteiger partial charge is 0.387 e. The summed E-state index contributed by atoms with van der Waals surface area (Å²) in [5, 5.41) is 10.2. The lowest BCUT2D eigenvalue weighted by Crippen LogP contribution is -2.24. The third kappa shape index (κ3) is 4.54. The summed E-state index contributed by atoms with van der Waals surface area (Å²) in [4.78, 5) is 1.96. The molecule has 22 heavy (non-hydrogen) atoms. The molecule has 0 aliphatic carbocycles. The molecular formula is C16H19F2NO3. The van der Waals surface area contributed by atoms with Gasteiger partial charge in [0.25, 0.3) is 0 Å². The molecule has 1 heterocycles. The molecule has 6 heteroatoms. The number of aliphatic hydroxyl groups excluding tert-OH is 1. The van der Waals surface area contributed by atoms with Crippen LogP contribution in [0.15, 0.2) is 41.0 Å². The van der Waals surface area contributed by atoms with Crippen molar-refractivity contribution >= 4 is 0 Å². The summed E-state index contributed by atoms with van der Waals surface area (Å²) in [5.41, 5.74) is 1.72. The normalized spacial score (nSPS) is 12.9. The Kier molecular flexibility index (Phi) is 5.51. The van der Waals surface area contributed by atoms with Gasteiger partial charge in [-0.3, -0.25) is 4.90 Å². The summed E-state index contributed by atoms with van der Waals surface area (Å²) in [5.74, 6) is 0.933. The van der Waals surface area contributed by atoms with Crippen molar-refractivity contribution in [1.82, 2.24) is 4.90 Å². The standard InChI is InChI=1S/C16H19F2NO3/c1-11-13(7-8-21-11)9-19(2)10-15(20)12-3-5-14(6-4-12)22-16(17)18/h3-8,15-16,20H,9-10H2,1-2H3. The van der Waals surface area contributed by atoms with Gasteiger partial charge in [-0.05, 0) is 37.7 Å². The zero-order valence-corrected chi connectivity index (χ0v) is 12.5. The SMILES string of the molecule is Cc1occc1CN(C)CC(O)c1ccc(OC(F)F)cc1. The van der Waals surface area contributed by atoms with E-state index in [1.54, 1.807) is 18.4 Å². The van der Waals surface area contributed by atoms with Crippen molar-refractivity contribution in [2.75, 3.05) is 13.6 Å². The molecular weight excluding hydrogens is 292 g/mol. The van der Waals surface area contributed by atoms with E-state index in [-0.39, 0.29) is 5.75 Å². The first kappa shape index (κ1) is 16.5. The number of alkyl halides is 2. The third-order valence-corrected chi connectivity index (χ3v) is 3.38. The topological polar surface area (TPSA) is 45.8 Å². The maximum absolute atomic E-state index is 12.1. The molecule has 4 nitrogen and oxygen atoms in total. The highest BCUT2D eigenvalue weighted by atomic mass is 19.3. The fourth-order valence-corrected chi connectivity index (χ4v) is 2.20. The second-order valence-corrected chi connectivity index (χ2v) is 5.16. The number of ether oxygens (including phenoxy) is 1. The molecule has 0 aliphatic heterocycles. The molecule has 0 spiro atoms. The molecule has 2 aromatic rings. The van der Waals surface area contributed by atoms with E-state index in [4.69, 9.17) is 4.42 Å². The molecule has 1 aromatic heterocycles. The van der Waals surface area contributed by atoms with Gasteiger partial charge in [0.05, 0.1) is 12.4 Å². The number of hydrogen-bond acceptors (Lipinski definition) is 4. The van der Waals surface area contributed by atoms with Gasteiger partial charge in [0.1, 0.15) is 11.5 Å². The van der Waals surface area contributed by atoms with Crippen molar-refractivity contribution in [2.45, 2.75) is 26.2 Å². The Hall–Kier alpha value is -1.92. The number of aliphatic hydroxyl groups is 1. The van der Waals surface area contributed by atoms with Gasteiger partial charge in [-0.15, -0.1) is 0 Å². The molecule has 0 amide bonds. The van der Waals surface area contributed by atoms with E-state index < -0.39 is 12.7 Å². The first-order valence-electron chi connectivity index (χ1n) is 6.90. The molecule has 0 fully saturated rings. The molecule has 2 rings (SSSR count). The number of likely N-dealkylation sites (N-methyl/N-ethyl adjacent to an activating group) is 1.